The average molecular weight is 351 g/mol. The molecule has 1 aliphatic heterocycles. The van der Waals surface area contributed by atoms with Crippen LogP contribution in [0.4, 0.5) is 11.5 Å². The van der Waals surface area contributed by atoms with Crippen LogP contribution in [-0.4, -0.2) is 43.7 Å². The molecule has 26 heavy (non-hydrogen) atoms. The van der Waals surface area contributed by atoms with Crippen molar-refractivity contribution in [1.29, 1.82) is 0 Å². The Morgan fingerprint density at radius 1 is 1.15 bits per heavy atom. The second kappa shape index (κ2) is 8.04. The summed E-state index contributed by atoms with van der Waals surface area (Å²) in [6.07, 6.45) is 3.13. The molecule has 2 aromatic rings. The molecule has 0 radical (unpaired) electrons. The molecule has 3 rings (SSSR count). The quantitative estimate of drug-likeness (QED) is 0.610. The van der Waals surface area contributed by atoms with Gasteiger partial charge in [-0.15, -0.1) is 0 Å². The van der Waals surface area contributed by atoms with E-state index < -0.39 is 0 Å². The minimum atomic E-state index is -0.372. The molecular weight excluding hydrogens is 326 g/mol. The summed E-state index contributed by atoms with van der Waals surface area (Å²) in [7, 11) is 0. The van der Waals surface area contributed by atoms with Crippen molar-refractivity contribution < 1.29 is 9.53 Å². The fourth-order valence-electron chi connectivity index (χ4n) is 3.15. The number of nitrogens with zero attached hydrogens (tertiary/aromatic N) is 3. The third-order valence-corrected chi connectivity index (χ3v) is 4.62. The fraction of sp³-hybridized carbons (Fsp3) is 0.333. The lowest BCUT2D eigenvalue weighted by atomic mass is 10.1. The van der Waals surface area contributed by atoms with Gasteiger partial charge in [-0.2, -0.15) is 0 Å². The Kier molecular flexibility index (Phi) is 5.56. The van der Waals surface area contributed by atoms with Crippen LogP contribution in [0.15, 0.2) is 49.2 Å². The third-order valence-electron chi connectivity index (χ3n) is 4.62. The van der Waals surface area contributed by atoms with Gasteiger partial charge in [0.2, 0.25) is 0 Å². The van der Waals surface area contributed by atoms with Crippen LogP contribution in [0.2, 0.25) is 0 Å². The summed E-state index contributed by atoms with van der Waals surface area (Å²) in [5, 5.41) is 0. The largest absolute Gasteiger partial charge is 0.458 e. The number of hydrogen-bond acceptors (Lipinski definition) is 5. The van der Waals surface area contributed by atoms with Crippen molar-refractivity contribution >= 4 is 17.5 Å². The number of rotatable bonds is 5. The van der Waals surface area contributed by atoms with E-state index in [9.17, 15) is 4.79 Å². The zero-order chi connectivity index (χ0) is 18.5. The predicted molar refractivity (Wildman–Crippen MR) is 105 cm³/mol. The number of aryl methyl sites for hydroxylation is 2. The first-order valence-corrected chi connectivity index (χ1v) is 8.89. The van der Waals surface area contributed by atoms with Crippen LogP contribution < -0.4 is 9.80 Å². The van der Waals surface area contributed by atoms with Crippen LogP contribution in [0.1, 0.15) is 21.5 Å². The van der Waals surface area contributed by atoms with Gasteiger partial charge in [0.1, 0.15) is 12.4 Å². The lowest BCUT2D eigenvalue weighted by Gasteiger charge is -2.37. The van der Waals surface area contributed by atoms with E-state index in [4.69, 9.17) is 4.74 Å². The number of hydrogen-bond donors (Lipinski definition) is 0. The Balaban J connectivity index is 1.62. The summed E-state index contributed by atoms with van der Waals surface area (Å²) in [6, 6.07) is 10.2. The molecule has 5 nitrogen and oxygen atoms in total. The Morgan fingerprint density at radius 2 is 1.88 bits per heavy atom. The molecule has 0 atom stereocenters. The molecule has 1 aliphatic rings. The van der Waals surface area contributed by atoms with Crippen molar-refractivity contribution in [2.24, 2.45) is 0 Å². The maximum atomic E-state index is 11.8. The number of esters is 1. The molecule has 1 aromatic heterocycles. The monoisotopic (exact) mass is 351 g/mol. The highest BCUT2D eigenvalue weighted by atomic mass is 16.5. The van der Waals surface area contributed by atoms with E-state index in [1.165, 1.54) is 16.8 Å². The second-order valence-corrected chi connectivity index (χ2v) is 6.56. The number of anilines is 2. The third kappa shape index (κ3) is 4.04. The van der Waals surface area contributed by atoms with Crippen LogP contribution in [0.3, 0.4) is 0 Å². The molecular formula is C21H25N3O2. The van der Waals surface area contributed by atoms with E-state index in [0.29, 0.717) is 5.56 Å². The highest BCUT2D eigenvalue weighted by Gasteiger charge is 2.20. The van der Waals surface area contributed by atoms with Gasteiger partial charge in [-0.05, 0) is 43.2 Å². The first kappa shape index (κ1) is 18.0. The number of carbonyl (C=O) groups excluding carboxylic acids is 1. The van der Waals surface area contributed by atoms with E-state index >= 15 is 0 Å². The number of pyridine rings is 1. The molecule has 136 valence electrons. The van der Waals surface area contributed by atoms with Gasteiger partial charge in [0.25, 0.3) is 0 Å². The van der Waals surface area contributed by atoms with Crippen LogP contribution in [-0.2, 0) is 4.74 Å². The molecule has 0 amide bonds. The lowest BCUT2D eigenvalue weighted by Crippen LogP contribution is -2.47. The first-order chi connectivity index (χ1) is 12.6. The molecule has 5 heteroatoms. The summed E-state index contributed by atoms with van der Waals surface area (Å²) in [4.78, 5) is 20.9. The summed E-state index contributed by atoms with van der Waals surface area (Å²) in [5.41, 5.74) is 4.38. The van der Waals surface area contributed by atoms with Crippen LogP contribution in [0.5, 0.6) is 0 Å². The Labute approximate surface area is 154 Å². The standard InChI is InChI=1S/C21H25N3O2/c1-4-13-26-21(25)18-7-8-20(22-15-18)24-11-9-23(10-12-24)19-14-16(2)5-6-17(19)3/h4-8,14-15H,1,9-13H2,2-3H3. The van der Waals surface area contributed by atoms with Crippen molar-refractivity contribution in [2.45, 2.75) is 13.8 Å². The van der Waals surface area contributed by atoms with Gasteiger partial charge in [-0.3, -0.25) is 0 Å². The molecule has 1 saturated heterocycles. The summed E-state index contributed by atoms with van der Waals surface area (Å²) >= 11 is 0. The Bertz CT molecular complexity index is 778. The summed E-state index contributed by atoms with van der Waals surface area (Å²) < 4.78 is 5.03. The van der Waals surface area contributed by atoms with Gasteiger partial charge < -0.3 is 14.5 Å². The second-order valence-electron chi connectivity index (χ2n) is 6.56. The highest BCUT2D eigenvalue weighted by molar-refractivity contribution is 5.89. The minimum Gasteiger partial charge on any atom is -0.458 e. The Morgan fingerprint density at radius 3 is 2.54 bits per heavy atom. The number of aromatic nitrogens is 1. The minimum absolute atomic E-state index is 0.209. The molecule has 2 heterocycles. The van der Waals surface area contributed by atoms with Gasteiger partial charge in [-0.1, -0.05) is 24.8 Å². The average Bonchev–Trinajstić information content (AvgIpc) is 2.68. The van der Waals surface area contributed by atoms with Crippen LogP contribution in [0, 0.1) is 13.8 Å². The Hall–Kier alpha value is -2.82. The van der Waals surface area contributed by atoms with E-state index in [2.05, 4.69) is 53.4 Å². The fourth-order valence-corrected chi connectivity index (χ4v) is 3.15. The molecule has 0 N–H and O–H groups in total. The number of ether oxygens (including phenoxy) is 1. The van der Waals surface area contributed by atoms with Gasteiger partial charge in [0.15, 0.2) is 0 Å². The van der Waals surface area contributed by atoms with Crippen molar-refractivity contribution in [3.05, 3.63) is 65.9 Å². The van der Waals surface area contributed by atoms with Crippen LogP contribution in [0.25, 0.3) is 0 Å². The lowest BCUT2D eigenvalue weighted by molar-refractivity contribution is 0.0549. The molecule has 0 spiro atoms. The molecule has 0 aliphatic carbocycles. The molecule has 0 unspecified atom stereocenters. The maximum absolute atomic E-state index is 11.8. The molecule has 1 fully saturated rings. The first-order valence-electron chi connectivity index (χ1n) is 8.89. The zero-order valence-electron chi connectivity index (χ0n) is 15.4. The van der Waals surface area contributed by atoms with Gasteiger partial charge >= 0.3 is 5.97 Å². The van der Waals surface area contributed by atoms with E-state index in [-0.39, 0.29) is 12.6 Å². The van der Waals surface area contributed by atoms with Crippen molar-refractivity contribution in [1.82, 2.24) is 4.98 Å². The smallest absolute Gasteiger partial charge is 0.340 e. The molecule has 1 aromatic carbocycles. The van der Waals surface area contributed by atoms with E-state index in [0.717, 1.165) is 32.0 Å². The van der Waals surface area contributed by atoms with Gasteiger partial charge in [0, 0.05) is 38.1 Å². The summed E-state index contributed by atoms with van der Waals surface area (Å²) in [6.45, 7) is 11.7. The number of piperazine rings is 1. The van der Waals surface area contributed by atoms with Crippen molar-refractivity contribution in [3.8, 4) is 0 Å². The topological polar surface area (TPSA) is 45.7 Å². The van der Waals surface area contributed by atoms with Crippen molar-refractivity contribution in [3.63, 3.8) is 0 Å². The van der Waals surface area contributed by atoms with E-state index in [1.54, 1.807) is 18.3 Å². The maximum Gasteiger partial charge on any atom is 0.340 e. The van der Waals surface area contributed by atoms with Gasteiger partial charge in [-0.25, -0.2) is 9.78 Å². The van der Waals surface area contributed by atoms with Crippen LogP contribution >= 0.6 is 0 Å². The SMILES string of the molecule is C=CCOC(=O)c1ccc(N2CCN(c3cc(C)ccc3C)CC2)nc1. The normalized spacial score (nSPS) is 14.2. The van der Waals surface area contributed by atoms with Crippen molar-refractivity contribution in [2.75, 3.05) is 42.6 Å². The molecule has 0 saturated carbocycles. The predicted octanol–water partition coefficient (Wildman–Crippen LogP) is 3.37. The van der Waals surface area contributed by atoms with E-state index in [1.807, 2.05) is 6.07 Å². The number of benzene rings is 1. The summed E-state index contributed by atoms with van der Waals surface area (Å²) in [5.74, 6) is 0.523. The molecule has 0 bridgehead atoms. The highest BCUT2D eigenvalue weighted by Crippen LogP contribution is 2.24. The number of carbonyl (C=O) groups is 1. The van der Waals surface area contributed by atoms with Gasteiger partial charge in [0.05, 0.1) is 5.56 Å². The zero-order valence-corrected chi connectivity index (χ0v) is 15.4.